The third kappa shape index (κ3) is 7.86. The molecule has 0 bridgehead atoms. The normalized spacial score (nSPS) is 14.3. The van der Waals surface area contributed by atoms with E-state index in [0.717, 1.165) is 23.8 Å². The molecule has 1 aliphatic heterocycles. The van der Waals surface area contributed by atoms with Crippen LogP contribution in [0.25, 0.3) is 0 Å². The van der Waals surface area contributed by atoms with Gasteiger partial charge in [-0.05, 0) is 51.3 Å². The number of rotatable bonds is 12. The van der Waals surface area contributed by atoms with Crippen molar-refractivity contribution in [2.75, 3.05) is 30.3 Å². The molecule has 0 aromatic heterocycles. The van der Waals surface area contributed by atoms with Gasteiger partial charge >= 0.3 is 0 Å². The number of ether oxygens (including phenoxy) is 2. The van der Waals surface area contributed by atoms with Gasteiger partial charge in [-0.25, -0.2) is 8.42 Å². The Morgan fingerprint density at radius 2 is 1.68 bits per heavy atom. The topological polar surface area (TPSA) is 105 Å². The fourth-order valence-corrected chi connectivity index (χ4v) is 5.09. The summed E-state index contributed by atoms with van der Waals surface area (Å²) in [5, 5.41) is 2.96. The maximum Gasteiger partial charge on any atom is 0.242 e. The second-order valence-electron chi connectivity index (χ2n) is 9.77. The van der Waals surface area contributed by atoms with Crippen LogP contribution >= 0.6 is 0 Å². The highest BCUT2D eigenvalue weighted by atomic mass is 32.2. The lowest BCUT2D eigenvalue weighted by atomic mass is 10.1. The van der Waals surface area contributed by atoms with Crippen molar-refractivity contribution in [2.45, 2.75) is 65.6 Å². The summed E-state index contributed by atoms with van der Waals surface area (Å²) in [6, 6.07) is 12.2. The minimum absolute atomic E-state index is 0.00408. The van der Waals surface area contributed by atoms with Gasteiger partial charge in [-0.15, -0.1) is 0 Å². The zero-order valence-electron chi connectivity index (χ0n) is 22.9. The number of hydrogen-bond donors (Lipinski definition) is 1. The van der Waals surface area contributed by atoms with Crippen LogP contribution in [0.3, 0.4) is 0 Å². The summed E-state index contributed by atoms with van der Waals surface area (Å²) < 4.78 is 37.6. The molecule has 0 unspecified atom stereocenters. The molecule has 0 saturated carbocycles. The largest absolute Gasteiger partial charge is 0.486 e. The summed E-state index contributed by atoms with van der Waals surface area (Å²) >= 11 is 0. The summed E-state index contributed by atoms with van der Waals surface area (Å²) in [5.41, 5.74) is 2.47. The van der Waals surface area contributed by atoms with Crippen molar-refractivity contribution in [3.8, 4) is 11.5 Å². The molecule has 9 nitrogen and oxygen atoms in total. The van der Waals surface area contributed by atoms with Gasteiger partial charge < -0.3 is 19.7 Å². The smallest absolute Gasteiger partial charge is 0.242 e. The summed E-state index contributed by atoms with van der Waals surface area (Å²) in [4.78, 5) is 27.9. The van der Waals surface area contributed by atoms with E-state index >= 15 is 0 Å². The number of sulfonamides is 1. The van der Waals surface area contributed by atoms with Gasteiger partial charge in [0, 0.05) is 31.6 Å². The molecule has 2 amide bonds. The predicted molar refractivity (Wildman–Crippen MR) is 148 cm³/mol. The highest BCUT2D eigenvalue weighted by Gasteiger charge is 2.27. The standard InChI is InChI=1S/C28H39N3O6S/c1-6-21(3)29-28(33)22(4)30(19-23-11-9-20(2)10-12-23)27(32)8-7-15-31(38(5,34)35)24-13-14-25-26(18-24)37-17-16-36-25/h9-14,18,21-22H,6-8,15-17,19H2,1-5H3,(H,29,33)/t21-,22-/m0/s1. The molecule has 208 valence electrons. The monoisotopic (exact) mass is 545 g/mol. The number of fused-ring (bicyclic) bond motifs is 1. The first-order valence-electron chi connectivity index (χ1n) is 13.0. The molecule has 38 heavy (non-hydrogen) atoms. The fourth-order valence-electron chi connectivity index (χ4n) is 4.13. The summed E-state index contributed by atoms with van der Waals surface area (Å²) in [5.74, 6) is 0.630. The van der Waals surface area contributed by atoms with Gasteiger partial charge in [0.2, 0.25) is 21.8 Å². The Morgan fingerprint density at radius 3 is 2.32 bits per heavy atom. The molecule has 1 heterocycles. The average molecular weight is 546 g/mol. The molecular formula is C28H39N3O6S. The lowest BCUT2D eigenvalue weighted by molar-refractivity contribution is -0.140. The van der Waals surface area contributed by atoms with Gasteiger partial charge in [-0.1, -0.05) is 36.8 Å². The molecule has 1 aliphatic rings. The average Bonchev–Trinajstić information content (AvgIpc) is 2.89. The summed E-state index contributed by atoms with van der Waals surface area (Å²) in [7, 11) is -3.61. The molecule has 0 fully saturated rings. The first-order valence-corrected chi connectivity index (χ1v) is 14.9. The van der Waals surface area contributed by atoms with E-state index in [1.54, 1.807) is 30.0 Å². The number of nitrogens with zero attached hydrogens (tertiary/aromatic N) is 2. The van der Waals surface area contributed by atoms with Gasteiger partial charge in [-0.2, -0.15) is 0 Å². The summed E-state index contributed by atoms with van der Waals surface area (Å²) in [6.07, 6.45) is 2.29. The van der Waals surface area contributed by atoms with Crippen molar-refractivity contribution in [1.29, 1.82) is 0 Å². The molecule has 3 rings (SSSR count). The first-order chi connectivity index (χ1) is 18.0. The zero-order chi connectivity index (χ0) is 27.9. The van der Waals surface area contributed by atoms with Gasteiger partial charge in [-0.3, -0.25) is 13.9 Å². The van der Waals surface area contributed by atoms with Crippen LogP contribution in [0.1, 0.15) is 51.2 Å². The molecule has 2 atom stereocenters. The molecule has 0 spiro atoms. The van der Waals surface area contributed by atoms with Gasteiger partial charge in [0.15, 0.2) is 11.5 Å². The number of hydrogen-bond acceptors (Lipinski definition) is 6. The maximum atomic E-state index is 13.4. The lowest BCUT2D eigenvalue weighted by Gasteiger charge is -2.30. The Balaban J connectivity index is 1.73. The quantitative estimate of drug-likeness (QED) is 0.437. The molecule has 2 aromatic carbocycles. The highest BCUT2D eigenvalue weighted by Crippen LogP contribution is 2.34. The minimum Gasteiger partial charge on any atom is -0.486 e. The molecule has 10 heteroatoms. The van der Waals surface area contributed by atoms with E-state index in [4.69, 9.17) is 9.47 Å². The van der Waals surface area contributed by atoms with E-state index in [1.807, 2.05) is 45.0 Å². The first kappa shape index (κ1) is 29.3. The third-order valence-corrected chi connectivity index (χ3v) is 7.80. The Morgan fingerprint density at radius 1 is 1.03 bits per heavy atom. The van der Waals surface area contributed by atoms with E-state index < -0.39 is 16.1 Å². The van der Waals surface area contributed by atoms with E-state index in [2.05, 4.69) is 5.32 Å². The van der Waals surface area contributed by atoms with Crippen LogP contribution in [0.2, 0.25) is 0 Å². The predicted octanol–water partition coefficient (Wildman–Crippen LogP) is 3.64. The SMILES string of the molecule is CC[C@H](C)NC(=O)[C@H](C)N(Cc1ccc(C)cc1)C(=O)CCCN(c1ccc2c(c1)OCCO2)S(C)(=O)=O. The van der Waals surface area contributed by atoms with Gasteiger partial charge in [0.1, 0.15) is 19.3 Å². The maximum absolute atomic E-state index is 13.4. The van der Waals surface area contributed by atoms with Crippen LogP contribution in [-0.4, -0.2) is 63.2 Å². The van der Waals surface area contributed by atoms with Crippen LogP contribution in [0.4, 0.5) is 5.69 Å². The molecule has 0 aliphatic carbocycles. The molecule has 1 N–H and O–H groups in total. The lowest BCUT2D eigenvalue weighted by Crippen LogP contribution is -2.49. The number of carbonyl (C=O) groups is 2. The van der Waals surface area contributed by atoms with Crippen molar-refractivity contribution < 1.29 is 27.5 Å². The van der Waals surface area contributed by atoms with Crippen LogP contribution in [0.5, 0.6) is 11.5 Å². The van der Waals surface area contributed by atoms with Crippen molar-refractivity contribution in [3.63, 3.8) is 0 Å². The van der Waals surface area contributed by atoms with Crippen LogP contribution in [0.15, 0.2) is 42.5 Å². The fraction of sp³-hybridized carbons (Fsp3) is 0.500. The van der Waals surface area contributed by atoms with Gasteiger partial charge in [0.25, 0.3) is 0 Å². The Bertz CT molecular complexity index is 1220. The molecular weight excluding hydrogens is 506 g/mol. The van der Waals surface area contributed by atoms with Crippen molar-refractivity contribution in [3.05, 3.63) is 53.6 Å². The number of benzene rings is 2. The van der Waals surface area contributed by atoms with Crippen LogP contribution in [0, 0.1) is 6.92 Å². The second-order valence-corrected chi connectivity index (χ2v) is 11.7. The van der Waals surface area contributed by atoms with Crippen LogP contribution < -0.4 is 19.1 Å². The zero-order valence-corrected chi connectivity index (χ0v) is 23.7. The number of anilines is 1. The summed E-state index contributed by atoms with van der Waals surface area (Å²) in [6.45, 7) is 8.85. The van der Waals surface area contributed by atoms with E-state index in [0.29, 0.717) is 30.4 Å². The van der Waals surface area contributed by atoms with E-state index in [-0.39, 0.29) is 43.8 Å². The Hall–Kier alpha value is -3.27. The van der Waals surface area contributed by atoms with E-state index in [9.17, 15) is 18.0 Å². The van der Waals surface area contributed by atoms with E-state index in [1.165, 1.54) is 4.31 Å². The highest BCUT2D eigenvalue weighted by molar-refractivity contribution is 7.92. The number of amides is 2. The third-order valence-electron chi connectivity index (χ3n) is 6.61. The van der Waals surface area contributed by atoms with Crippen LogP contribution in [-0.2, 0) is 26.2 Å². The number of nitrogens with one attached hydrogen (secondary N) is 1. The van der Waals surface area contributed by atoms with Crippen molar-refractivity contribution >= 4 is 27.5 Å². The molecule has 0 saturated heterocycles. The minimum atomic E-state index is -3.61. The molecule has 2 aromatic rings. The Kier molecular flexibility index (Phi) is 10.0. The number of aryl methyl sites for hydroxylation is 1. The Labute approximate surface area is 226 Å². The van der Waals surface area contributed by atoms with Gasteiger partial charge in [0.05, 0.1) is 11.9 Å². The van der Waals surface area contributed by atoms with Crippen molar-refractivity contribution in [2.24, 2.45) is 0 Å². The number of carbonyl (C=O) groups excluding carboxylic acids is 2. The van der Waals surface area contributed by atoms with Crippen molar-refractivity contribution in [1.82, 2.24) is 10.2 Å². The second kappa shape index (κ2) is 13.0. The molecule has 0 radical (unpaired) electrons.